The van der Waals surface area contributed by atoms with E-state index in [1.165, 1.54) is 0 Å². The van der Waals surface area contributed by atoms with Crippen LogP contribution in [0.25, 0.3) is 6.08 Å². The van der Waals surface area contributed by atoms with Crippen molar-refractivity contribution in [3.05, 3.63) is 69.0 Å². The zero-order valence-corrected chi connectivity index (χ0v) is 17.8. The fourth-order valence-electron chi connectivity index (χ4n) is 2.35. The van der Waals surface area contributed by atoms with Gasteiger partial charge in [-0.2, -0.15) is 5.01 Å². The molecule has 0 radical (unpaired) electrons. The molecule has 1 saturated heterocycles. The topological polar surface area (TPSA) is 52.6 Å². The summed E-state index contributed by atoms with van der Waals surface area (Å²) >= 11 is 9.74. The average molecular weight is 462 g/mol. The van der Waals surface area contributed by atoms with Crippen LogP contribution in [-0.2, 0) is 4.79 Å². The molecule has 2 aromatic carbocycles. The summed E-state index contributed by atoms with van der Waals surface area (Å²) in [5, 5.41) is 1.12. The highest BCUT2D eigenvalue weighted by atomic mass is 79.9. The molecule has 0 aromatic heterocycles. The zero-order chi connectivity index (χ0) is 19.6. The Morgan fingerprint density at radius 2 is 1.78 bits per heavy atom. The molecule has 0 unspecified atom stereocenters. The Balaban J connectivity index is 1.74. The van der Waals surface area contributed by atoms with Gasteiger partial charge in [-0.15, -0.1) is 0 Å². The number of thiocarbonyl (C=S) groups is 1. The normalized spacial score (nSPS) is 15.4. The lowest BCUT2D eigenvalue weighted by molar-refractivity contribution is -0.123. The summed E-state index contributed by atoms with van der Waals surface area (Å²) in [6, 6.07) is 14.7. The maximum atomic E-state index is 12.6. The van der Waals surface area contributed by atoms with Gasteiger partial charge < -0.3 is 4.90 Å². The van der Waals surface area contributed by atoms with E-state index in [-0.39, 0.29) is 5.91 Å². The molecule has 0 bridgehead atoms. The summed E-state index contributed by atoms with van der Waals surface area (Å²) in [6.07, 6.45) is 1.77. The first-order valence-electron chi connectivity index (χ1n) is 7.97. The van der Waals surface area contributed by atoms with Gasteiger partial charge in [-0.1, -0.05) is 39.8 Å². The van der Waals surface area contributed by atoms with Gasteiger partial charge in [0.25, 0.3) is 11.8 Å². The second-order valence-electron chi connectivity index (χ2n) is 5.95. The van der Waals surface area contributed by atoms with Gasteiger partial charge in [-0.25, -0.2) is 0 Å². The van der Waals surface area contributed by atoms with E-state index in [2.05, 4.69) is 21.4 Å². The van der Waals surface area contributed by atoms with Gasteiger partial charge >= 0.3 is 0 Å². The number of carbonyl (C=O) groups is 2. The smallest absolute Gasteiger partial charge is 0.285 e. The first-order chi connectivity index (χ1) is 12.8. The summed E-state index contributed by atoms with van der Waals surface area (Å²) in [7, 11) is 3.93. The molecule has 1 fully saturated rings. The number of hydrogen-bond donors (Lipinski definition) is 1. The van der Waals surface area contributed by atoms with Crippen LogP contribution < -0.4 is 10.3 Å². The number of hydrazine groups is 1. The molecular weight excluding hydrogens is 446 g/mol. The van der Waals surface area contributed by atoms with Crippen LogP contribution in [0.3, 0.4) is 0 Å². The van der Waals surface area contributed by atoms with Crippen LogP contribution in [0.15, 0.2) is 57.9 Å². The number of rotatable bonds is 4. The van der Waals surface area contributed by atoms with E-state index in [0.717, 1.165) is 32.5 Å². The molecule has 27 heavy (non-hydrogen) atoms. The highest BCUT2D eigenvalue weighted by Crippen LogP contribution is 2.31. The number of thioether (sulfide) groups is 1. The van der Waals surface area contributed by atoms with Crippen LogP contribution in [0.1, 0.15) is 15.9 Å². The minimum absolute atomic E-state index is 0.293. The monoisotopic (exact) mass is 461 g/mol. The number of nitrogens with zero attached hydrogens (tertiary/aromatic N) is 2. The molecule has 1 aliphatic rings. The fraction of sp³-hybridized carbons (Fsp3) is 0.105. The Kier molecular flexibility index (Phi) is 5.98. The first-order valence-corrected chi connectivity index (χ1v) is 9.99. The van der Waals surface area contributed by atoms with Crippen LogP contribution in [-0.4, -0.2) is 35.2 Å². The second-order valence-corrected chi connectivity index (χ2v) is 8.54. The van der Waals surface area contributed by atoms with Gasteiger partial charge in [-0.3, -0.25) is 15.0 Å². The van der Waals surface area contributed by atoms with Gasteiger partial charge in [-0.05, 0) is 60.3 Å². The second kappa shape index (κ2) is 8.24. The zero-order valence-electron chi connectivity index (χ0n) is 14.6. The highest BCUT2D eigenvalue weighted by molar-refractivity contribution is 9.10. The number of anilines is 1. The standard InChI is InChI=1S/C19H16BrN3O2S2/c1-22(2)15-9-3-12(4-10-15)11-16-18(25)23(19(26)27-16)21-17(24)13-5-7-14(20)8-6-13/h3-11H,1-2H3,(H,21,24)/b16-11+. The van der Waals surface area contributed by atoms with Crippen LogP contribution in [0.5, 0.6) is 0 Å². The van der Waals surface area contributed by atoms with E-state index in [9.17, 15) is 9.59 Å². The third kappa shape index (κ3) is 4.58. The summed E-state index contributed by atoms with van der Waals surface area (Å²) in [5.74, 6) is -0.734. The largest absolute Gasteiger partial charge is 0.378 e. The van der Waals surface area contributed by atoms with E-state index in [0.29, 0.717) is 14.8 Å². The van der Waals surface area contributed by atoms with Crippen molar-refractivity contribution >= 4 is 67.8 Å². The molecule has 0 aliphatic carbocycles. The van der Waals surface area contributed by atoms with E-state index in [1.54, 1.807) is 30.3 Å². The highest BCUT2D eigenvalue weighted by Gasteiger charge is 2.33. The minimum Gasteiger partial charge on any atom is -0.378 e. The number of amides is 2. The molecule has 0 saturated carbocycles. The summed E-state index contributed by atoms with van der Waals surface area (Å²) in [6.45, 7) is 0. The molecule has 2 aromatic rings. The molecule has 8 heteroatoms. The first kappa shape index (κ1) is 19.6. The number of hydrogen-bond acceptors (Lipinski definition) is 5. The Hall–Kier alpha value is -2.16. The molecule has 1 N–H and O–H groups in total. The molecule has 1 heterocycles. The van der Waals surface area contributed by atoms with E-state index in [1.807, 2.05) is 43.3 Å². The van der Waals surface area contributed by atoms with Crippen molar-refractivity contribution in [1.29, 1.82) is 0 Å². The predicted octanol–water partition coefficient (Wildman–Crippen LogP) is 4.06. The molecule has 3 rings (SSSR count). The van der Waals surface area contributed by atoms with Crippen molar-refractivity contribution in [1.82, 2.24) is 10.4 Å². The molecule has 5 nitrogen and oxygen atoms in total. The molecule has 1 aliphatic heterocycles. The number of benzene rings is 2. The van der Waals surface area contributed by atoms with Crippen LogP contribution in [0.2, 0.25) is 0 Å². The van der Waals surface area contributed by atoms with Crippen LogP contribution in [0.4, 0.5) is 5.69 Å². The summed E-state index contributed by atoms with van der Waals surface area (Å²) in [4.78, 5) is 27.5. The van der Waals surface area contributed by atoms with Gasteiger partial charge in [0.15, 0.2) is 4.32 Å². The van der Waals surface area contributed by atoms with Gasteiger partial charge in [0.2, 0.25) is 0 Å². The maximum Gasteiger partial charge on any atom is 0.285 e. The molecular formula is C19H16BrN3O2S2. The quantitative estimate of drug-likeness (QED) is 0.549. The van der Waals surface area contributed by atoms with Crippen molar-refractivity contribution in [3.8, 4) is 0 Å². The average Bonchev–Trinajstić information content (AvgIpc) is 2.90. The third-order valence-corrected chi connectivity index (χ3v) is 5.65. The van der Waals surface area contributed by atoms with Crippen molar-refractivity contribution in [2.45, 2.75) is 0 Å². The number of carbonyl (C=O) groups excluding carboxylic acids is 2. The Bertz CT molecular complexity index is 925. The lowest BCUT2D eigenvalue weighted by atomic mass is 10.2. The van der Waals surface area contributed by atoms with E-state index < -0.39 is 5.91 Å². The Morgan fingerprint density at radius 1 is 1.15 bits per heavy atom. The van der Waals surface area contributed by atoms with Crippen molar-refractivity contribution < 1.29 is 9.59 Å². The Morgan fingerprint density at radius 3 is 2.37 bits per heavy atom. The SMILES string of the molecule is CN(C)c1ccc(/C=C2/SC(=S)N(NC(=O)c3ccc(Br)cc3)C2=O)cc1. The maximum absolute atomic E-state index is 12.6. The molecule has 138 valence electrons. The lowest BCUT2D eigenvalue weighted by Crippen LogP contribution is -2.44. The van der Waals surface area contributed by atoms with Gasteiger partial charge in [0.05, 0.1) is 4.91 Å². The van der Waals surface area contributed by atoms with Crippen molar-refractivity contribution in [2.75, 3.05) is 19.0 Å². The lowest BCUT2D eigenvalue weighted by Gasteiger charge is -2.15. The molecule has 2 amide bonds. The number of nitrogens with one attached hydrogen (secondary N) is 1. The molecule has 0 spiro atoms. The summed E-state index contributed by atoms with van der Waals surface area (Å²) in [5.41, 5.74) is 4.97. The fourth-order valence-corrected chi connectivity index (χ4v) is 3.80. The van der Waals surface area contributed by atoms with Crippen molar-refractivity contribution in [3.63, 3.8) is 0 Å². The van der Waals surface area contributed by atoms with Crippen LogP contribution in [0, 0.1) is 0 Å². The van der Waals surface area contributed by atoms with E-state index in [4.69, 9.17) is 12.2 Å². The van der Waals surface area contributed by atoms with Gasteiger partial charge in [0, 0.05) is 29.8 Å². The predicted molar refractivity (Wildman–Crippen MR) is 117 cm³/mol. The molecule has 0 atom stereocenters. The number of halogens is 1. The van der Waals surface area contributed by atoms with Crippen LogP contribution >= 0.6 is 39.9 Å². The minimum atomic E-state index is -0.393. The van der Waals surface area contributed by atoms with E-state index >= 15 is 0 Å². The Labute approximate surface area is 175 Å². The van der Waals surface area contributed by atoms with Gasteiger partial charge in [0.1, 0.15) is 0 Å². The van der Waals surface area contributed by atoms with Crippen molar-refractivity contribution in [2.24, 2.45) is 0 Å². The summed E-state index contributed by atoms with van der Waals surface area (Å²) < 4.78 is 1.16. The third-order valence-electron chi connectivity index (χ3n) is 3.82.